The molecule has 0 spiro atoms. The molecule has 0 amide bonds. The molecule has 1 N–H and O–H groups in total. The molecule has 2 aliphatic heterocycles. The number of aromatic nitrogens is 2. The highest BCUT2D eigenvalue weighted by Gasteiger charge is 2.33. The van der Waals surface area contributed by atoms with Gasteiger partial charge in [0, 0.05) is 43.5 Å². The van der Waals surface area contributed by atoms with Crippen LogP contribution >= 0.6 is 0 Å². The predicted octanol–water partition coefficient (Wildman–Crippen LogP) is 3.21. The molecule has 2 saturated heterocycles. The highest BCUT2D eigenvalue weighted by atomic mass is 16.1. The van der Waals surface area contributed by atoms with Gasteiger partial charge in [-0.2, -0.15) is 5.10 Å². The lowest BCUT2D eigenvalue weighted by Gasteiger charge is -2.29. The number of carbonyl (C=O) groups is 1. The maximum atomic E-state index is 12.3. The molecule has 1 aromatic heterocycles. The fourth-order valence-electron chi connectivity index (χ4n) is 4.60. The lowest BCUT2D eigenvalue weighted by molar-refractivity contribution is 0.0993. The van der Waals surface area contributed by atoms with E-state index in [0.717, 1.165) is 24.7 Å². The molecule has 0 saturated carbocycles. The van der Waals surface area contributed by atoms with Gasteiger partial charge in [-0.1, -0.05) is 12.1 Å². The van der Waals surface area contributed by atoms with Gasteiger partial charge < -0.3 is 4.90 Å². The highest BCUT2D eigenvalue weighted by Crippen LogP contribution is 2.30. The Morgan fingerprint density at radius 1 is 1.31 bits per heavy atom. The summed E-state index contributed by atoms with van der Waals surface area (Å²) in [4.78, 5) is 17.5. The molecule has 2 aliphatic rings. The fourth-order valence-corrected chi connectivity index (χ4v) is 4.60. The molecule has 0 radical (unpaired) electrons. The summed E-state index contributed by atoms with van der Waals surface area (Å²) >= 11 is 0. The van der Waals surface area contributed by atoms with Crippen molar-refractivity contribution in [3.05, 3.63) is 47.3 Å². The van der Waals surface area contributed by atoms with Crippen molar-refractivity contribution in [2.75, 3.05) is 24.5 Å². The van der Waals surface area contributed by atoms with Crippen molar-refractivity contribution in [3.63, 3.8) is 0 Å². The zero-order valence-electron chi connectivity index (χ0n) is 15.7. The van der Waals surface area contributed by atoms with Crippen LogP contribution in [0.2, 0.25) is 0 Å². The lowest BCUT2D eigenvalue weighted by Crippen LogP contribution is -2.39. The minimum atomic E-state index is 0.107. The maximum absolute atomic E-state index is 12.3. The minimum Gasteiger partial charge on any atom is -0.370 e. The summed E-state index contributed by atoms with van der Waals surface area (Å²) in [5.41, 5.74) is 4.30. The van der Waals surface area contributed by atoms with Crippen LogP contribution in [0.5, 0.6) is 0 Å². The van der Waals surface area contributed by atoms with E-state index in [-0.39, 0.29) is 5.78 Å². The maximum Gasteiger partial charge on any atom is 0.170 e. The van der Waals surface area contributed by atoms with Gasteiger partial charge in [0.05, 0.1) is 11.8 Å². The number of ketones is 1. The molecule has 2 fully saturated rings. The largest absolute Gasteiger partial charge is 0.370 e. The zero-order chi connectivity index (χ0) is 18.1. The van der Waals surface area contributed by atoms with Crippen LogP contribution < -0.4 is 4.90 Å². The van der Waals surface area contributed by atoms with E-state index in [1.165, 1.54) is 37.1 Å². The topological polar surface area (TPSA) is 52.2 Å². The van der Waals surface area contributed by atoms with Crippen molar-refractivity contribution in [1.82, 2.24) is 15.1 Å². The number of benzene rings is 1. The molecular weight excluding hydrogens is 324 g/mol. The van der Waals surface area contributed by atoms with Gasteiger partial charge >= 0.3 is 0 Å². The van der Waals surface area contributed by atoms with Crippen LogP contribution in [0.4, 0.5) is 5.69 Å². The second-order valence-corrected chi connectivity index (χ2v) is 7.83. The second-order valence-electron chi connectivity index (χ2n) is 7.83. The summed E-state index contributed by atoms with van der Waals surface area (Å²) in [6.45, 7) is 8.04. The van der Waals surface area contributed by atoms with Gasteiger partial charge in [-0.25, -0.2) is 0 Å². The first-order chi connectivity index (χ1) is 12.6. The number of aromatic amines is 1. The molecule has 0 aliphatic carbocycles. The van der Waals surface area contributed by atoms with Crippen molar-refractivity contribution >= 4 is 11.5 Å². The number of hydrogen-bond acceptors (Lipinski definition) is 4. The number of likely N-dealkylation sites (tertiary alicyclic amines) is 1. The Bertz CT molecular complexity index is 770. The molecule has 0 bridgehead atoms. The number of nitrogens with one attached hydrogen (secondary N) is 1. The van der Waals surface area contributed by atoms with Crippen molar-refractivity contribution < 1.29 is 4.79 Å². The van der Waals surface area contributed by atoms with E-state index in [0.29, 0.717) is 18.0 Å². The minimum absolute atomic E-state index is 0.107. The average molecular weight is 352 g/mol. The fraction of sp³-hybridized carbons (Fsp3) is 0.524. The number of aryl methyl sites for hydroxylation is 1. The molecule has 4 rings (SSSR count). The van der Waals surface area contributed by atoms with E-state index >= 15 is 0 Å². The number of H-pyrrole nitrogens is 1. The Kier molecular flexibility index (Phi) is 4.81. The SMILES string of the molecule is Cc1cc(CC(=O)c2cn[nH]c2)ccc1N1CCC(N2CCCC2C)C1. The van der Waals surface area contributed by atoms with Gasteiger partial charge in [0.25, 0.3) is 0 Å². The molecule has 2 unspecified atom stereocenters. The first-order valence-corrected chi connectivity index (χ1v) is 9.74. The summed E-state index contributed by atoms with van der Waals surface area (Å²) in [5, 5.41) is 6.56. The molecule has 2 atom stereocenters. The second kappa shape index (κ2) is 7.23. The van der Waals surface area contributed by atoms with E-state index in [4.69, 9.17) is 0 Å². The first kappa shape index (κ1) is 17.3. The smallest absolute Gasteiger partial charge is 0.170 e. The van der Waals surface area contributed by atoms with E-state index in [2.05, 4.69) is 52.0 Å². The number of carbonyl (C=O) groups excluding carboxylic acids is 1. The summed E-state index contributed by atoms with van der Waals surface area (Å²) in [6, 6.07) is 7.89. The van der Waals surface area contributed by atoms with Crippen LogP contribution in [0, 0.1) is 6.92 Å². The molecule has 138 valence electrons. The third-order valence-electron chi connectivity index (χ3n) is 6.02. The molecule has 26 heavy (non-hydrogen) atoms. The Morgan fingerprint density at radius 3 is 2.88 bits per heavy atom. The van der Waals surface area contributed by atoms with Crippen LogP contribution in [0.1, 0.15) is 47.7 Å². The Morgan fingerprint density at radius 2 is 2.19 bits per heavy atom. The van der Waals surface area contributed by atoms with Crippen molar-refractivity contribution in [3.8, 4) is 0 Å². The summed E-state index contributed by atoms with van der Waals surface area (Å²) in [6.07, 6.45) is 7.62. The summed E-state index contributed by atoms with van der Waals surface area (Å²) < 4.78 is 0. The van der Waals surface area contributed by atoms with Crippen LogP contribution in [0.15, 0.2) is 30.6 Å². The molecular formula is C21H28N4O. The number of nitrogens with zero attached hydrogens (tertiary/aromatic N) is 3. The van der Waals surface area contributed by atoms with Crippen LogP contribution in [-0.4, -0.2) is 52.6 Å². The lowest BCUT2D eigenvalue weighted by atomic mass is 10.0. The van der Waals surface area contributed by atoms with Gasteiger partial charge in [0.2, 0.25) is 0 Å². The van der Waals surface area contributed by atoms with Gasteiger partial charge in [-0.15, -0.1) is 0 Å². The molecule has 1 aromatic carbocycles. The van der Waals surface area contributed by atoms with Crippen LogP contribution in [0.3, 0.4) is 0 Å². The Balaban J connectivity index is 1.42. The van der Waals surface area contributed by atoms with Gasteiger partial charge in [0.1, 0.15) is 0 Å². The number of anilines is 1. The van der Waals surface area contributed by atoms with Crippen LogP contribution in [-0.2, 0) is 6.42 Å². The van der Waals surface area contributed by atoms with Gasteiger partial charge in [0.15, 0.2) is 5.78 Å². The third kappa shape index (κ3) is 3.40. The van der Waals surface area contributed by atoms with Crippen molar-refractivity contribution in [2.45, 2.75) is 51.6 Å². The summed E-state index contributed by atoms with van der Waals surface area (Å²) in [7, 11) is 0. The Labute approximate surface area is 155 Å². The van der Waals surface area contributed by atoms with Crippen molar-refractivity contribution in [1.29, 1.82) is 0 Å². The standard InChI is InChI=1S/C21H28N4O/c1-15-10-17(11-21(26)18-12-22-23-13-18)5-6-20(15)24-9-7-19(14-24)25-8-3-4-16(25)2/h5-6,10,12-13,16,19H,3-4,7-9,11,14H2,1-2H3,(H,22,23). The molecule has 5 heteroatoms. The van der Waals surface area contributed by atoms with E-state index in [9.17, 15) is 4.79 Å². The summed E-state index contributed by atoms with van der Waals surface area (Å²) in [5.74, 6) is 0.107. The van der Waals surface area contributed by atoms with E-state index < -0.39 is 0 Å². The number of hydrogen-bond donors (Lipinski definition) is 1. The van der Waals surface area contributed by atoms with Gasteiger partial charge in [-0.05, 0) is 56.8 Å². The number of rotatable bonds is 5. The third-order valence-corrected chi connectivity index (χ3v) is 6.02. The van der Waals surface area contributed by atoms with E-state index in [1.54, 1.807) is 12.4 Å². The molecule has 3 heterocycles. The number of Topliss-reactive ketones (excluding diaryl/α,β-unsaturated/α-hetero) is 1. The zero-order valence-corrected chi connectivity index (χ0v) is 15.7. The monoisotopic (exact) mass is 352 g/mol. The normalized spacial score (nSPS) is 23.7. The van der Waals surface area contributed by atoms with Crippen LogP contribution in [0.25, 0.3) is 0 Å². The quantitative estimate of drug-likeness (QED) is 0.840. The first-order valence-electron chi connectivity index (χ1n) is 9.74. The van der Waals surface area contributed by atoms with Gasteiger partial charge in [-0.3, -0.25) is 14.8 Å². The average Bonchev–Trinajstić information content (AvgIpc) is 3.36. The predicted molar refractivity (Wildman–Crippen MR) is 104 cm³/mol. The molecule has 2 aromatic rings. The highest BCUT2D eigenvalue weighted by molar-refractivity contribution is 5.97. The Hall–Kier alpha value is -2.14. The molecule has 5 nitrogen and oxygen atoms in total. The van der Waals surface area contributed by atoms with Crippen molar-refractivity contribution in [2.24, 2.45) is 0 Å². The van der Waals surface area contributed by atoms with E-state index in [1.807, 2.05) is 0 Å².